The lowest BCUT2D eigenvalue weighted by Crippen LogP contribution is -2.44. The van der Waals surface area contributed by atoms with Crippen LogP contribution in [0.5, 0.6) is 0 Å². The molecule has 0 radical (unpaired) electrons. The van der Waals surface area contributed by atoms with Gasteiger partial charge in [0.05, 0.1) is 6.61 Å². The number of hydrogen-bond acceptors (Lipinski definition) is 5. The zero-order valence-electron chi connectivity index (χ0n) is 12.0. The van der Waals surface area contributed by atoms with Crippen molar-refractivity contribution >= 4 is 5.95 Å². The largest absolute Gasteiger partial charge is 0.381 e. The van der Waals surface area contributed by atoms with E-state index in [1.807, 2.05) is 30.3 Å². The molecule has 1 unspecified atom stereocenters. The highest BCUT2D eigenvalue weighted by molar-refractivity contribution is 5.54. The minimum atomic E-state index is 0.297. The number of hydrogen-bond donors (Lipinski definition) is 0. The Balaban J connectivity index is 1.55. The molecule has 0 aliphatic carbocycles. The molecule has 21 heavy (non-hydrogen) atoms. The van der Waals surface area contributed by atoms with Crippen molar-refractivity contribution in [3.63, 3.8) is 0 Å². The molecule has 4 rings (SSSR count). The molecular formula is C16H19N3O2. The topological polar surface area (TPSA) is 51.4 Å². The van der Waals surface area contributed by atoms with Crippen LogP contribution in [0.4, 0.5) is 5.95 Å². The molecular weight excluding hydrogens is 266 g/mol. The maximum absolute atomic E-state index is 5.61. The molecule has 2 aliphatic rings. The predicted molar refractivity (Wildman–Crippen MR) is 79.1 cm³/mol. The lowest BCUT2D eigenvalue weighted by molar-refractivity contribution is 0.139. The molecule has 1 aromatic carbocycles. The molecule has 2 aromatic rings. The first-order valence-electron chi connectivity index (χ1n) is 7.57. The van der Waals surface area contributed by atoms with E-state index >= 15 is 0 Å². The summed E-state index contributed by atoms with van der Waals surface area (Å²) in [5, 5.41) is 4.17. The summed E-state index contributed by atoms with van der Waals surface area (Å²) in [4.78, 5) is 6.81. The van der Waals surface area contributed by atoms with Gasteiger partial charge in [0.2, 0.25) is 0 Å². The summed E-state index contributed by atoms with van der Waals surface area (Å²) in [6.07, 6.45) is 3.55. The Morgan fingerprint density at radius 1 is 1.14 bits per heavy atom. The van der Waals surface area contributed by atoms with Gasteiger partial charge in [-0.25, -0.2) is 0 Å². The van der Waals surface area contributed by atoms with Gasteiger partial charge in [0.1, 0.15) is 0 Å². The quantitative estimate of drug-likeness (QED) is 0.849. The van der Waals surface area contributed by atoms with Crippen molar-refractivity contribution in [1.29, 1.82) is 0 Å². The summed E-state index contributed by atoms with van der Waals surface area (Å²) in [6.45, 7) is 3.72. The molecule has 0 saturated carbocycles. The highest BCUT2D eigenvalue weighted by Gasteiger charge is 2.40. The average molecular weight is 285 g/mol. The van der Waals surface area contributed by atoms with Crippen molar-refractivity contribution in [1.82, 2.24) is 10.1 Å². The maximum Gasteiger partial charge on any atom is 0.266 e. The van der Waals surface area contributed by atoms with Gasteiger partial charge in [0, 0.05) is 30.7 Å². The van der Waals surface area contributed by atoms with Crippen molar-refractivity contribution in [3.05, 3.63) is 30.3 Å². The van der Waals surface area contributed by atoms with Crippen LogP contribution in [0.25, 0.3) is 11.5 Å². The number of nitrogens with zero attached hydrogens (tertiary/aromatic N) is 3. The van der Waals surface area contributed by atoms with Crippen LogP contribution >= 0.6 is 0 Å². The van der Waals surface area contributed by atoms with Crippen molar-refractivity contribution in [2.45, 2.75) is 19.3 Å². The molecule has 0 bridgehead atoms. The minimum absolute atomic E-state index is 0.297. The second-order valence-corrected chi connectivity index (χ2v) is 6.09. The summed E-state index contributed by atoms with van der Waals surface area (Å²) in [7, 11) is 0. The second kappa shape index (κ2) is 5.15. The Bertz CT molecular complexity index is 605. The van der Waals surface area contributed by atoms with E-state index in [9.17, 15) is 0 Å². The van der Waals surface area contributed by atoms with Gasteiger partial charge >= 0.3 is 0 Å². The summed E-state index contributed by atoms with van der Waals surface area (Å²) >= 11 is 0. The van der Waals surface area contributed by atoms with Crippen molar-refractivity contribution in [3.8, 4) is 11.5 Å². The molecule has 5 heteroatoms. The molecule has 2 fully saturated rings. The van der Waals surface area contributed by atoms with Gasteiger partial charge < -0.3 is 14.2 Å². The molecule has 110 valence electrons. The Labute approximate surface area is 123 Å². The van der Waals surface area contributed by atoms with Gasteiger partial charge in [-0.1, -0.05) is 18.2 Å². The van der Waals surface area contributed by atoms with Crippen LogP contribution in [-0.2, 0) is 4.74 Å². The first-order valence-corrected chi connectivity index (χ1v) is 7.57. The number of aromatic nitrogens is 2. The summed E-state index contributed by atoms with van der Waals surface area (Å²) < 4.78 is 11.0. The zero-order chi connectivity index (χ0) is 14.1. The minimum Gasteiger partial charge on any atom is -0.381 e. The van der Waals surface area contributed by atoms with Gasteiger partial charge in [-0.3, -0.25) is 0 Å². The van der Waals surface area contributed by atoms with Crippen LogP contribution < -0.4 is 4.90 Å². The molecule has 1 aromatic heterocycles. The normalized spacial score (nSPS) is 25.6. The Hall–Kier alpha value is -1.88. The van der Waals surface area contributed by atoms with Crippen LogP contribution in [0.15, 0.2) is 34.9 Å². The van der Waals surface area contributed by atoms with E-state index < -0.39 is 0 Å². The van der Waals surface area contributed by atoms with E-state index in [-0.39, 0.29) is 0 Å². The smallest absolute Gasteiger partial charge is 0.266 e. The standard InChI is InChI=1S/C16H19N3O2/c1-2-5-13(6-3-1)14-17-15(18-21-14)19-9-4-7-16(11-19)8-10-20-12-16/h1-3,5-6H,4,7-12H2. The van der Waals surface area contributed by atoms with Crippen LogP contribution in [0.1, 0.15) is 19.3 Å². The number of benzene rings is 1. The lowest BCUT2D eigenvalue weighted by atomic mass is 9.79. The highest BCUT2D eigenvalue weighted by atomic mass is 16.5. The number of piperidine rings is 1. The third-order valence-corrected chi connectivity index (χ3v) is 4.57. The van der Waals surface area contributed by atoms with Crippen molar-refractivity contribution in [2.24, 2.45) is 5.41 Å². The van der Waals surface area contributed by atoms with Gasteiger partial charge in [-0.15, -0.1) is 0 Å². The second-order valence-electron chi connectivity index (χ2n) is 6.09. The van der Waals surface area contributed by atoms with E-state index in [4.69, 9.17) is 9.26 Å². The SMILES string of the molecule is c1ccc(-c2nc(N3CCCC4(CCOC4)C3)no2)cc1. The fourth-order valence-electron chi connectivity index (χ4n) is 3.39. The number of rotatable bonds is 2. The zero-order valence-corrected chi connectivity index (χ0v) is 12.0. The third-order valence-electron chi connectivity index (χ3n) is 4.57. The van der Waals surface area contributed by atoms with E-state index in [0.717, 1.165) is 38.3 Å². The third kappa shape index (κ3) is 2.42. The van der Waals surface area contributed by atoms with Crippen molar-refractivity contribution < 1.29 is 9.26 Å². The summed E-state index contributed by atoms with van der Waals surface area (Å²) in [5.41, 5.74) is 1.26. The van der Waals surface area contributed by atoms with Crippen LogP contribution in [0, 0.1) is 5.41 Å². The summed E-state index contributed by atoms with van der Waals surface area (Å²) in [5.74, 6) is 1.30. The van der Waals surface area contributed by atoms with E-state index in [1.165, 1.54) is 12.8 Å². The van der Waals surface area contributed by atoms with Crippen LogP contribution in [-0.4, -0.2) is 36.4 Å². The van der Waals surface area contributed by atoms with Gasteiger partial charge in [0.15, 0.2) is 0 Å². The van der Waals surface area contributed by atoms with Crippen LogP contribution in [0.3, 0.4) is 0 Å². The predicted octanol–water partition coefficient (Wildman–Crippen LogP) is 2.74. The van der Waals surface area contributed by atoms with Gasteiger partial charge in [-0.2, -0.15) is 4.98 Å². The maximum atomic E-state index is 5.61. The Morgan fingerprint density at radius 3 is 2.86 bits per heavy atom. The number of anilines is 1. The Morgan fingerprint density at radius 2 is 2.05 bits per heavy atom. The van der Waals surface area contributed by atoms with E-state index in [0.29, 0.717) is 17.3 Å². The Kier molecular flexibility index (Phi) is 3.15. The van der Waals surface area contributed by atoms with E-state index in [1.54, 1.807) is 0 Å². The lowest BCUT2D eigenvalue weighted by Gasteiger charge is -2.38. The average Bonchev–Trinajstić information content (AvgIpc) is 3.18. The van der Waals surface area contributed by atoms with Gasteiger partial charge in [-0.05, 0) is 36.6 Å². The molecule has 0 amide bonds. The highest BCUT2D eigenvalue weighted by Crippen LogP contribution is 2.38. The van der Waals surface area contributed by atoms with Gasteiger partial charge in [0.25, 0.3) is 11.8 Å². The molecule has 2 saturated heterocycles. The molecule has 5 nitrogen and oxygen atoms in total. The fourth-order valence-corrected chi connectivity index (χ4v) is 3.39. The van der Waals surface area contributed by atoms with Crippen LogP contribution in [0.2, 0.25) is 0 Å². The molecule has 2 aliphatic heterocycles. The fraction of sp³-hybridized carbons (Fsp3) is 0.500. The first kappa shape index (κ1) is 12.8. The molecule has 1 spiro atoms. The number of ether oxygens (including phenoxy) is 1. The summed E-state index contributed by atoms with van der Waals surface area (Å²) in [6, 6.07) is 9.91. The molecule has 3 heterocycles. The molecule has 0 N–H and O–H groups in total. The first-order chi connectivity index (χ1) is 10.3. The van der Waals surface area contributed by atoms with E-state index in [2.05, 4.69) is 15.0 Å². The molecule has 1 atom stereocenters. The van der Waals surface area contributed by atoms with Crippen molar-refractivity contribution in [2.75, 3.05) is 31.2 Å². The monoisotopic (exact) mass is 285 g/mol.